The van der Waals surface area contributed by atoms with E-state index >= 15 is 0 Å². The first-order valence-corrected chi connectivity index (χ1v) is 5.63. The molecule has 0 aromatic heterocycles. The van der Waals surface area contributed by atoms with E-state index in [0.717, 1.165) is 6.07 Å². The first-order chi connectivity index (χ1) is 8.26. The van der Waals surface area contributed by atoms with Gasteiger partial charge in [-0.05, 0) is 6.07 Å². The van der Waals surface area contributed by atoms with Crippen LogP contribution in [-0.4, -0.2) is 23.2 Å². The van der Waals surface area contributed by atoms with E-state index in [9.17, 15) is 14.5 Å². The topological polar surface area (TPSA) is 75.4 Å². The summed E-state index contributed by atoms with van der Waals surface area (Å²) in [5, 5.41) is 22.5. The normalized spacial score (nSPS) is 11.4. The van der Waals surface area contributed by atoms with Crippen molar-refractivity contribution in [2.24, 2.45) is 5.41 Å². The minimum Gasteiger partial charge on any atom is -0.396 e. The van der Waals surface area contributed by atoms with Crippen molar-refractivity contribution in [1.29, 1.82) is 0 Å². The van der Waals surface area contributed by atoms with Crippen molar-refractivity contribution in [3.05, 3.63) is 33.1 Å². The molecule has 0 aliphatic rings. The van der Waals surface area contributed by atoms with Crippen LogP contribution >= 0.6 is 11.6 Å². The zero-order valence-corrected chi connectivity index (χ0v) is 10.8. The average Bonchev–Trinajstić information content (AvgIpc) is 2.30. The highest BCUT2D eigenvalue weighted by Gasteiger charge is 2.21. The molecule has 0 aliphatic carbocycles. The van der Waals surface area contributed by atoms with Gasteiger partial charge in [0.25, 0.3) is 5.69 Å². The molecule has 0 saturated heterocycles. The Balaban J connectivity index is 3.01. The van der Waals surface area contributed by atoms with E-state index < -0.39 is 16.2 Å². The highest BCUT2D eigenvalue weighted by molar-refractivity contribution is 6.31. The molecule has 0 spiro atoms. The lowest BCUT2D eigenvalue weighted by Gasteiger charge is -2.22. The fraction of sp³-hybridized carbons (Fsp3) is 0.455. The smallest absolute Gasteiger partial charge is 0.295 e. The number of nitro groups is 1. The van der Waals surface area contributed by atoms with Crippen LogP contribution < -0.4 is 5.32 Å². The van der Waals surface area contributed by atoms with Gasteiger partial charge in [0.2, 0.25) is 0 Å². The van der Waals surface area contributed by atoms with Crippen molar-refractivity contribution in [2.45, 2.75) is 13.8 Å². The second-order valence-electron chi connectivity index (χ2n) is 4.72. The van der Waals surface area contributed by atoms with Crippen LogP contribution in [0, 0.1) is 21.3 Å². The predicted molar refractivity (Wildman–Crippen MR) is 67.4 cm³/mol. The van der Waals surface area contributed by atoms with Gasteiger partial charge >= 0.3 is 0 Å². The van der Waals surface area contributed by atoms with Crippen LogP contribution in [0.15, 0.2) is 12.1 Å². The summed E-state index contributed by atoms with van der Waals surface area (Å²) in [7, 11) is 0. The maximum atomic E-state index is 13.2. The van der Waals surface area contributed by atoms with Crippen molar-refractivity contribution >= 4 is 23.0 Å². The lowest BCUT2D eigenvalue weighted by atomic mass is 9.95. The van der Waals surface area contributed by atoms with Crippen LogP contribution in [0.25, 0.3) is 0 Å². The molecular formula is C11H14ClFN2O3. The molecule has 1 aromatic carbocycles. The molecule has 1 rings (SSSR count). The lowest BCUT2D eigenvalue weighted by Crippen LogP contribution is -2.27. The highest BCUT2D eigenvalue weighted by atomic mass is 35.5. The zero-order chi connectivity index (χ0) is 13.9. The molecular weight excluding hydrogens is 263 g/mol. The van der Waals surface area contributed by atoms with Crippen LogP contribution in [0.2, 0.25) is 5.02 Å². The van der Waals surface area contributed by atoms with Crippen molar-refractivity contribution < 1.29 is 14.4 Å². The van der Waals surface area contributed by atoms with Gasteiger partial charge in [-0.3, -0.25) is 10.1 Å². The highest BCUT2D eigenvalue weighted by Crippen LogP contribution is 2.31. The van der Waals surface area contributed by atoms with Crippen molar-refractivity contribution in [3.63, 3.8) is 0 Å². The third kappa shape index (κ3) is 3.54. The molecule has 0 radical (unpaired) electrons. The van der Waals surface area contributed by atoms with Crippen molar-refractivity contribution in [1.82, 2.24) is 0 Å². The van der Waals surface area contributed by atoms with Gasteiger partial charge in [-0.15, -0.1) is 0 Å². The van der Waals surface area contributed by atoms with Crippen molar-refractivity contribution in [2.75, 3.05) is 18.5 Å². The number of hydrogen-bond acceptors (Lipinski definition) is 4. The quantitative estimate of drug-likeness (QED) is 0.640. The van der Waals surface area contributed by atoms with Crippen LogP contribution in [0.1, 0.15) is 13.8 Å². The molecule has 0 bridgehead atoms. The minimum atomic E-state index is -0.838. The summed E-state index contributed by atoms with van der Waals surface area (Å²) in [4.78, 5) is 10.1. The van der Waals surface area contributed by atoms with E-state index in [1.54, 1.807) is 13.8 Å². The zero-order valence-electron chi connectivity index (χ0n) is 10.0. The Bertz CT molecular complexity index is 466. The molecule has 0 fully saturated rings. The fourth-order valence-corrected chi connectivity index (χ4v) is 1.38. The van der Waals surface area contributed by atoms with E-state index in [1.807, 2.05) is 0 Å². The fourth-order valence-electron chi connectivity index (χ4n) is 1.22. The third-order valence-electron chi connectivity index (χ3n) is 2.42. The molecule has 2 N–H and O–H groups in total. The predicted octanol–water partition coefficient (Wildman–Crippen LogP) is 2.82. The second-order valence-corrected chi connectivity index (χ2v) is 5.12. The van der Waals surface area contributed by atoms with Gasteiger partial charge in [-0.1, -0.05) is 25.4 Å². The molecule has 0 amide bonds. The number of anilines is 1. The van der Waals surface area contributed by atoms with E-state index in [4.69, 9.17) is 16.7 Å². The largest absolute Gasteiger partial charge is 0.396 e. The van der Waals surface area contributed by atoms with Crippen LogP contribution in [-0.2, 0) is 0 Å². The molecule has 7 heteroatoms. The minimum absolute atomic E-state index is 0.0806. The molecule has 0 aliphatic heterocycles. The number of aliphatic hydroxyl groups excluding tert-OH is 1. The third-order valence-corrected chi connectivity index (χ3v) is 2.71. The standard InChI is InChI=1S/C11H14ClFN2O3/c1-11(2,6-16)5-14-9-3-7(12)8(13)4-10(9)15(17)18/h3-4,14,16H,5-6H2,1-2H3. The Morgan fingerprint density at radius 1 is 1.56 bits per heavy atom. The average molecular weight is 277 g/mol. The Hall–Kier alpha value is -1.40. The summed E-state index contributed by atoms with van der Waals surface area (Å²) >= 11 is 5.59. The van der Waals surface area contributed by atoms with E-state index in [-0.39, 0.29) is 23.0 Å². The maximum Gasteiger partial charge on any atom is 0.295 e. The maximum absolute atomic E-state index is 13.2. The lowest BCUT2D eigenvalue weighted by molar-refractivity contribution is -0.384. The summed E-state index contributed by atoms with van der Waals surface area (Å²) < 4.78 is 13.2. The molecule has 0 atom stereocenters. The second kappa shape index (κ2) is 5.49. The van der Waals surface area contributed by atoms with Gasteiger partial charge in [-0.2, -0.15) is 0 Å². The van der Waals surface area contributed by atoms with Crippen LogP contribution in [0.3, 0.4) is 0 Å². The first-order valence-electron chi connectivity index (χ1n) is 5.25. The SMILES string of the molecule is CC(C)(CO)CNc1cc(Cl)c(F)cc1[N+](=O)[O-]. The Morgan fingerprint density at radius 3 is 2.67 bits per heavy atom. The first kappa shape index (κ1) is 14.7. The van der Waals surface area contributed by atoms with E-state index in [1.165, 1.54) is 6.07 Å². The summed E-state index contributed by atoms with van der Waals surface area (Å²) in [5.74, 6) is -0.838. The number of halogens is 2. The summed E-state index contributed by atoms with van der Waals surface area (Å²) in [6, 6.07) is 1.94. The number of aliphatic hydroxyl groups is 1. The monoisotopic (exact) mass is 276 g/mol. The molecule has 0 unspecified atom stereocenters. The van der Waals surface area contributed by atoms with Gasteiger partial charge < -0.3 is 10.4 Å². The van der Waals surface area contributed by atoms with Crippen LogP contribution in [0.4, 0.5) is 15.8 Å². The Labute approximate surface area is 109 Å². The molecule has 0 heterocycles. The number of benzene rings is 1. The van der Waals surface area contributed by atoms with Gasteiger partial charge in [0, 0.05) is 18.6 Å². The summed E-state index contributed by atoms with van der Waals surface area (Å²) in [6.07, 6.45) is 0. The van der Waals surface area contributed by atoms with Crippen LogP contribution in [0.5, 0.6) is 0 Å². The Kier molecular flexibility index (Phi) is 4.48. The molecule has 18 heavy (non-hydrogen) atoms. The Morgan fingerprint density at radius 2 is 2.17 bits per heavy atom. The number of nitro benzene ring substituents is 1. The number of nitrogens with zero attached hydrogens (tertiary/aromatic N) is 1. The number of nitrogens with one attached hydrogen (secondary N) is 1. The van der Waals surface area contributed by atoms with Crippen molar-refractivity contribution in [3.8, 4) is 0 Å². The summed E-state index contributed by atoms with van der Waals surface area (Å²) in [6.45, 7) is 3.79. The van der Waals surface area contributed by atoms with Gasteiger partial charge in [0.15, 0.2) is 0 Å². The number of rotatable bonds is 5. The van der Waals surface area contributed by atoms with Gasteiger partial charge in [0.1, 0.15) is 11.5 Å². The van der Waals surface area contributed by atoms with Gasteiger partial charge in [-0.25, -0.2) is 4.39 Å². The summed E-state index contributed by atoms with van der Waals surface area (Å²) in [5.41, 5.74) is -0.701. The molecule has 5 nitrogen and oxygen atoms in total. The molecule has 100 valence electrons. The van der Waals surface area contributed by atoms with E-state index in [0.29, 0.717) is 6.54 Å². The molecule has 0 saturated carbocycles. The molecule has 1 aromatic rings. The van der Waals surface area contributed by atoms with Gasteiger partial charge in [0.05, 0.1) is 16.0 Å². The van der Waals surface area contributed by atoms with E-state index in [2.05, 4.69) is 5.32 Å². The number of hydrogen-bond donors (Lipinski definition) is 2.